The third-order valence-corrected chi connectivity index (χ3v) is 4.24. The van der Waals surface area contributed by atoms with Gasteiger partial charge in [0.25, 0.3) is 5.91 Å². The number of pyridine rings is 1. The number of rotatable bonds is 4. The van der Waals surface area contributed by atoms with Gasteiger partial charge in [0.2, 0.25) is 5.96 Å². The van der Waals surface area contributed by atoms with Crippen LogP contribution in [0.3, 0.4) is 0 Å². The monoisotopic (exact) mass is 392 g/mol. The minimum absolute atomic E-state index is 0.262. The normalized spacial score (nSPS) is 11.2. The lowest BCUT2D eigenvalue weighted by atomic mass is 10.1. The molecular formula is C22H21ClN4O. The lowest BCUT2D eigenvalue weighted by Crippen LogP contribution is -2.36. The summed E-state index contributed by atoms with van der Waals surface area (Å²) in [6.45, 7) is 4.47. The lowest BCUT2D eigenvalue weighted by Gasteiger charge is -2.13. The number of halogens is 1. The van der Waals surface area contributed by atoms with Gasteiger partial charge in [-0.05, 0) is 79.1 Å². The highest BCUT2D eigenvalue weighted by atomic mass is 35.5. The Balaban J connectivity index is 1.82. The van der Waals surface area contributed by atoms with Crippen LogP contribution in [0.25, 0.3) is 0 Å². The molecule has 0 saturated carbocycles. The Kier molecular flexibility index (Phi) is 6.40. The van der Waals surface area contributed by atoms with Gasteiger partial charge in [-0.25, -0.2) is 4.99 Å². The molecule has 2 N–H and O–H groups in total. The smallest absolute Gasteiger partial charge is 0.257 e. The third kappa shape index (κ3) is 5.66. The Morgan fingerprint density at radius 1 is 1.00 bits per heavy atom. The van der Waals surface area contributed by atoms with Gasteiger partial charge in [-0.3, -0.25) is 15.1 Å². The van der Waals surface area contributed by atoms with E-state index in [1.54, 1.807) is 36.7 Å². The predicted molar refractivity (Wildman–Crippen MR) is 114 cm³/mol. The Labute approximate surface area is 169 Å². The van der Waals surface area contributed by atoms with Crippen molar-refractivity contribution in [1.29, 1.82) is 0 Å². The van der Waals surface area contributed by atoms with Crippen molar-refractivity contribution < 1.29 is 4.79 Å². The number of carbonyl (C=O) groups excluding carboxylic acids is 1. The second-order valence-corrected chi connectivity index (χ2v) is 6.92. The Bertz CT molecular complexity index is 965. The van der Waals surface area contributed by atoms with Crippen LogP contribution < -0.4 is 10.6 Å². The number of anilines is 1. The van der Waals surface area contributed by atoms with E-state index >= 15 is 0 Å². The molecule has 0 aliphatic carbocycles. The van der Waals surface area contributed by atoms with Crippen molar-refractivity contribution in [2.45, 2.75) is 20.4 Å². The molecule has 0 bridgehead atoms. The van der Waals surface area contributed by atoms with Crippen LogP contribution in [0.2, 0.25) is 5.02 Å². The van der Waals surface area contributed by atoms with E-state index in [-0.39, 0.29) is 5.91 Å². The Hall–Kier alpha value is -3.18. The Morgan fingerprint density at radius 3 is 2.29 bits per heavy atom. The van der Waals surface area contributed by atoms with Gasteiger partial charge >= 0.3 is 0 Å². The molecule has 5 nitrogen and oxygen atoms in total. The molecule has 0 saturated heterocycles. The molecule has 0 aliphatic heterocycles. The van der Waals surface area contributed by atoms with Crippen LogP contribution in [0, 0.1) is 13.8 Å². The number of hydrogen-bond acceptors (Lipinski definition) is 3. The summed E-state index contributed by atoms with van der Waals surface area (Å²) in [5.74, 6) is 0.115. The summed E-state index contributed by atoms with van der Waals surface area (Å²) in [6.07, 6.45) is 3.43. The number of amides is 1. The summed E-state index contributed by atoms with van der Waals surface area (Å²) < 4.78 is 0. The number of carbonyl (C=O) groups is 1. The van der Waals surface area contributed by atoms with Gasteiger partial charge < -0.3 is 5.32 Å². The molecule has 2 aromatic carbocycles. The summed E-state index contributed by atoms with van der Waals surface area (Å²) in [7, 11) is 0. The maximum atomic E-state index is 12.6. The van der Waals surface area contributed by atoms with E-state index in [0.29, 0.717) is 23.1 Å². The zero-order valence-electron chi connectivity index (χ0n) is 15.7. The molecule has 0 aliphatic rings. The number of guanidine groups is 1. The molecule has 3 rings (SSSR count). The highest BCUT2D eigenvalue weighted by Crippen LogP contribution is 2.14. The number of nitrogens with zero attached hydrogens (tertiary/aromatic N) is 2. The zero-order valence-corrected chi connectivity index (χ0v) is 16.5. The van der Waals surface area contributed by atoms with Gasteiger partial charge in [-0.1, -0.05) is 17.7 Å². The first kappa shape index (κ1) is 19.6. The van der Waals surface area contributed by atoms with Crippen molar-refractivity contribution in [3.8, 4) is 0 Å². The largest absolute Gasteiger partial charge is 0.326 e. The second kappa shape index (κ2) is 9.15. The van der Waals surface area contributed by atoms with Gasteiger partial charge in [0.1, 0.15) is 0 Å². The highest BCUT2D eigenvalue weighted by molar-refractivity contribution is 6.30. The van der Waals surface area contributed by atoms with E-state index in [4.69, 9.17) is 11.6 Å². The van der Waals surface area contributed by atoms with Crippen molar-refractivity contribution in [1.82, 2.24) is 10.3 Å². The fourth-order valence-corrected chi connectivity index (χ4v) is 2.86. The highest BCUT2D eigenvalue weighted by Gasteiger charge is 2.10. The standard InChI is InChI=1S/C22H21ClN4O/c1-15-11-16(2)13-20(12-15)26-22(25-14-17-7-9-24-10-8-17)27-21(28)18-3-5-19(23)6-4-18/h3-13H,14H2,1-2H3,(H2,25,26,27,28). The van der Waals surface area contributed by atoms with Crippen molar-refractivity contribution in [2.75, 3.05) is 5.32 Å². The molecule has 0 unspecified atom stereocenters. The van der Waals surface area contributed by atoms with Crippen LogP contribution in [0.5, 0.6) is 0 Å². The van der Waals surface area contributed by atoms with Crippen molar-refractivity contribution >= 4 is 29.2 Å². The Morgan fingerprint density at radius 2 is 1.64 bits per heavy atom. The van der Waals surface area contributed by atoms with E-state index in [1.807, 2.05) is 38.1 Å². The summed E-state index contributed by atoms with van der Waals surface area (Å²) in [6, 6.07) is 16.6. The summed E-state index contributed by atoms with van der Waals surface area (Å²) in [4.78, 5) is 21.2. The zero-order chi connectivity index (χ0) is 19.9. The molecule has 1 amide bonds. The van der Waals surface area contributed by atoms with Crippen LogP contribution in [-0.2, 0) is 6.54 Å². The van der Waals surface area contributed by atoms with E-state index in [1.165, 1.54) is 0 Å². The van der Waals surface area contributed by atoms with E-state index in [2.05, 4.69) is 26.7 Å². The lowest BCUT2D eigenvalue weighted by molar-refractivity contribution is 0.0977. The van der Waals surface area contributed by atoms with Crippen LogP contribution in [0.1, 0.15) is 27.0 Å². The third-order valence-electron chi connectivity index (χ3n) is 3.99. The number of aryl methyl sites for hydroxylation is 2. The molecule has 0 radical (unpaired) electrons. The SMILES string of the molecule is Cc1cc(C)cc(NC(=NCc2ccncc2)NC(=O)c2ccc(Cl)cc2)c1. The maximum Gasteiger partial charge on any atom is 0.257 e. The van der Waals surface area contributed by atoms with Crippen LogP contribution >= 0.6 is 11.6 Å². The molecule has 3 aromatic rings. The molecule has 0 spiro atoms. The second-order valence-electron chi connectivity index (χ2n) is 6.48. The molecule has 28 heavy (non-hydrogen) atoms. The molecule has 0 fully saturated rings. The topological polar surface area (TPSA) is 66.4 Å². The van der Waals surface area contributed by atoms with Crippen molar-refractivity contribution in [3.05, 3.63) is 94.3 Å². The first-order chi connectivity index (χ1) is 13.5. The fourth-order valence-electron chi connectivity index (χ4n) is 2.73. The molecule has 6 heteroatoms. The van der Waals surface area contributed by atoms with Crippen molar-refractivity contribution in [3.63, 3.8) is 0 Å². The summed E-state index contributed by atoms with van der Waals surface area (Å²) in [5.41, 5.74) is 4.61. The van der Waals surface area contributed by atoms with Crippen LogP contribution in [0.4, 0.5) is 5.69 Å². The predicted octanol–water partition coefficient (Wildman–Crippen LogP) is 4.75. The van der Waals surface area contributed by atoms with Gasteiger partial charge in [0.15, 0.2) is 0 Å². The molecule has 0 atom stereocenters. The number of hydrogen-bond donors (Lipinski definition) is 2. The molecule has 1 heterocycles. The first-order valence-electron chi connectivity index (χ1n) is 8.85. The van der Waals surface area contributed by atoms with Crippen LogP contribution in [-0.4, -0.2) is 16.9 Å². The van der Waals surface area contributed by atoms with E-state index in [0.717, 1.165) is 22.4 Å². The number of benzene rings is 2. The average molecular weight is 393 g/mol. The average Bonchev–Trinajstić information content (AvgIpc) is 2.66. The molecule has 1 aromatic heterocycles. The minimum Gasteiger partial charge on any atom is -0.326 e. The summed E-state index contributed by atoms with van der Waals surface area (Å²) in [5, 5.41) is 6.65. The molecular weight excluding hydrogens is 372 g/mol. The quantitative estimate of drug-likeness (QED) is 0.497. The number of nitrogens with one attached hydrogen (secondary N) is 2. The van der Waals surface area contributed by atoms with Crippen LogP contribution in [0.15, 0.2) is 72.0 Å². The minimum atomic E-state index is -0.262. The number of aliphatic imine (C=N–C) groups is 1. The first-order valence-corrected chi connectivity index (χ1v) is 9.23. The van der Waals surface area contributed by atoms with Gasteiger partial charge in [-0.2, -0.15) is 0 Å². The summed E-state index contributed by atoms with van der Waals surface area (Å²) >= 11 is 5.90. The van der Waals surface area contributed by atoms with E-state index in [9.17, 15) is 4.79 Å². The van der Waals surface area contributed by atoms with E-state index < -0.39 is 0 Å². The van der Waals surface area contributed by atoms with Gasteiger partial charge in [0.05, 0.1) is 6.54 Å². The number of aromatic nitrogens is 1. The maximum absolute atomic E-state index is 12.6. The van der Waals surface area contributed by atoms with Crippen molar-refractivity contribution in [2.24, 2.45) is 4.99 Å². The fraction of sp³-hybridized carbons (Fsp3) is 0.136. The van der Waals surface area contributed by atoms with Gasteiger partial charge in [-0.15, -0.1) is 0 Å². The van der Waals surface area contributed by atoms with Gasteiger partial charge in [0, 0.05) is 28.7 Å². The molecule has 142 valence electrons.